The largest absolute Gasteiger partial charge is 0.370 e. The Balaban J connectivity index is 2.59. The van der Waals surface area contributed by atoms with Crippen LogP contribution in [0, 0.1) is 11.8 Å². The molecule has 1 rings (SSSR count). The second-order valence-electron chi connectivity index (χ2n) is 6.41. The summed E-state index contributed by atoms with van der Waals surface area (Å²) < 4.78 is 0. The molecule has 0 aliphatic heterocycles. The van der Waals surface area contributed by atoms with Crippen molar-refractivity contribution in [3.05, 3.63) is 0 Å². The Bertz CT molecular complexity index is 252. The van der Waals surface area contributed by atoms with Gasteiger partial charge in [0.25, 0.3) is 0 Å². The van der Waals surface area contributed by atoms with Crippen molar-refractivity contribution < 1.29 is 0 Å². The fraction of sp³-hybridized carbons (Fsp3) is 0.933. The van der Waals surface area contributed by atoms with E-state index in [-0.39, 0.29) is 0 Å². The molecule has 0 spiro atoms. The lowest BCUT2D eigenvalue weighted by molar-refractivity contribution is 0.292. The van der Waals surface area contributed by atoms with Gasteiger partial charge in [0.05, 0.1) is 0 Å². The molecule has 0 radical (unpaired) electrons. The highest BCUT2D eigenvalue weighted by molar-refractivity contribution is 5.78. The molecule has 1 fully saturated rings. The van der Waals surface area contributed by atoms with E-state index in [1.807, 2.05) is 0 Å². The van der Waals surface area contributed by atoms with Crippen LogP contribution in [0.1, 0.15) is 59.8 Å². The molecule has 0 aromatic heterocycles. The van der Waals surface area contributed by atoms with Crippen molar-refractivity contribution in [3.8, 4) is 0 Å². The summed E-state index contributed by atoms with van der Waals surface area (Å²) in [5.74, 6) is 2.09. The van der Waals surface area contributed by atoms with Crippen molar-refractivity contribution in [2.24, 2.45) is 22.6 Å². The first-order valence-corrected chi connectivity index (χ1v) is 7.57. The van der Waals surface area contributed by atoms with Gasteiger partial charge < -0.3 is 10.6 Å². The number of nitrogens with two attached hydrogens (primary N) is 1. The van der Waals surface area contributed by atoms with E-state index in [4.69, 9.17) is 5.73 Å². The maximum Gasteiger partial charge on any atom is 0.191 e. The van der Waals surface area contributed by atoms with Gasteiger partial charge in [-0.25, -0.2) is 0 Å². The first-order chi connectivity index (χ1) is 8.50. The van der Waals surface area contributed by atoms with E-state index in [0.29, 0.717) is 12.0 Å². The lowest BCUT2D eigenvalue weighted by Crippen LogP contribution is -2.44. The van der Waals surface area contributed by atoms with Gasteiger partial charge in [-0.15, -0.1) is 0 Å². The van der Waals surface area contributed by atoms with Crippen LogP contribution in [0.5, 0.6) is 0 Å². The summed E-state index contributed by atoms with van der Waals surface area (Å²) in [5, 5.41) is 0. The Morgan fingerprint density at radius 2 is 1.78 bits per heavy atom. The van der Waals surface area contributed by atoms with Crippen molar-refractivity contribution in [2.45, 2.75) is 65.8 Å². The van der Waals surface area contributed by atoms with Crippen LogP contribution in [0.25, 0.3) is 0 Å². The van der Waals surface area contributed by atoms with Crippen molar-refractivity contribution in [3.63, 3.8) is 0 Å². The van der Waals surface area contributed by atoms with Crippen molar-refractivity contribution in [1.82, 2.24) is 4.90 Å². The molecule has 18 heavy (non-hydrogen) atoms. The second-order valence-corrected chi connectivity index (χ2v) is 6.41. The molecule has 0 atom stereocenters. The van der Waals surface area contributed by atoms with Crippen LogP contribution in [0.3, 0.4) is 0 Å². The minimum Gasteiger partial charge on any atom is -0.370 e. The number of hydrogen-bond acceptors (Lipinski definition) is 1. The number of hydrogen-bond donors (Lipinski definition) is 1. The van der Waals surface area contributed by atoms with Crippen LogP contribution in [-0.4, -0.2) is 30.0 Å². The van der Waals surface area contributed by atoms with Crippen LogP contribution >= 0.6 is 0 Å². The Hall–Kier alpha value is -0.730. The van der Waals surface area contributed by atoms with E-state index in [0.717, 1.165) is 25.0 Å². The first-order valence-electron chi connectivity index (χ1n) is 7.57. The Kier molecular flexibility index (Phi) is 6.51. The fourth-order valence-corrected chi connectivity index (χ4v) is 2.46. The molecule has 0 aromatic carbocycles. The predicted octanol–water partition coefficient (Wildman–Crippen LogP) is 3.25. The molecule has 1 saturated carbocycles. The molecule has 106 valence electrons. The normalized spacial score (nSPS) is 18.0. The van der Waals surface area contributed by atoms with Crippen LogP contribution in [-0.2, 0) is 0 Å². The number of guanidine groups is 1. The molecule has 3 nitrogen and oxygen atoms in total. The number of aliphatic imine (C=N–C) groups is 1. The zero-order chi connectivity index (χ0) is 13.5. The Morgan fingerprint density at radius 1 is 1.17 bits per heavy atom. The average Bonchev–Trinajstić information content (AvgIpc) is 2.79. The standard InChI is InChI=1S/C15H31N3/c1-12(2)9-10-18(14-7-5-6-8-14)15(16)17-11-13(3)4/h12-14H,5-11H2,1-4H3,(H2,16,17). The first kappa shape index (κ1) is 15.3. The quantitative estimate of drug-likeness (QED) is 0.583. The predicted molar refractivity (Wildman–Crippen MR) is 79.7 cm³/mol. The van der Waals surface area contributed by atoms with Crippen molar-refractivity contribution in [1.29, 1.82) is 0 Å². The lowest BCUT2D eigenvalue weighted by Gasteiger charge is -2.30. The summed E-state index contributed by atoms with van der Waals surface area (Å²) in [5.41, 5.74) is 6.21. The zero-order valence-electron chi connectivity index (χ0n) is 12.7. The highest BCUT2D eigenvalue weighted by Crippen LogP contribution is 2.24. The van der Waals surface area contributed by atoms with Gasteiger partial charge in [0, 0.05) is 19.1 Å². The molecule has 0 heterocycles. The summed E-state index contributed by atoms with van der Waals surface area (Å²) in [6.45, 7) is 10.8. The maximum atomic E-state index is 6.21. The summed E-state index contributed by atoms with van der Waals surface area (Å²) in [7, 11) is 0. The summed E-state index contributed by atoms with van der Waals surface area (Å²) in [6, 6.07) is 0.639. The van der Waals surface area contributed by atoms with Gasteiger partial charge in [-0.1, -0.05) is 40.5 Å². The molecule has 0 bridgehead atoms. The van der Waals surface area contributed by atoms with E-state index in [2.05, 4.69) is 37.6 Å². The van der Waals surface area contributed by atoms with E-state index >= 15 is 0 Å². The van der Waals surface area contributed by atoms with Crippen LogP contribution in [0.15, 0.2) is 4.99 Å². The van der Waals surface area contributed by atoms with E-state index in [1.165, 1.54) is 32.1 Å². The van der Waals surface area contributed by atoms with E-state index in [1.54, 1.807) is 0 Å². The van der Waals surface area contributed by atoms with Crippen LogP contribution < -0.4 is 5.73 Å². The smallest absolute Gasteiger partial charge is 0.191 e. The molecule has 2 N–H and O–H groups in total. The lowest BCUT2D eigenvalue weighted by atomic mass is 10.1. The SMILES string of the molecule is CC(C)CCN(C(N)=NCC(C)C)C1CCCC1. The van der Waals surface area contributed by atoms with Crippen LogP contribution in [0.2, 0.25) is 0 Å². The summed E-state index contributed by atoms with van der Waals surface area (Å²) in [4.78, 5) is 6.94. The Labute approximate surface area is 113 Å². The second kappa shape index (κ2) is 7.65. The third-order valence-electron chi connectivity index (χ3n) is 3.63. The molecule has 1 aliphatic rings. The van der Waals surface area contributed by atoms with Gasteiger partial charge >= 0.3 is 0 Å². The monoisotopic (exact) mass is 253 g/mol. The molecule has 0 unspecified atom stereocenters. The third kappa shape index (κ3) is 5.28. The fourth-order valence-electron chi connectivity index (χ4n) is 2.46. The zero-order valence-corrected chi connectivity index (χ0v) is 12.7. The topological polar surface area (TPSA) is 41.6 Å². The number of rotatable bonds is 6. The highest BCUT2D eigenvalue weighted by atomic mass is 15.3. The summed E-state index contributed by atoms with van der Waals surface area (Å²) >= 11 is 0. The van der Waals surface area contributed by atoms with Gasteiger partial charge in [0.1, 0.15) is 0 Å². The van der Waals surface area contributed by atoms with E-state index < -0.39 is 0 Å². The molecule has 3 heteroatoms. The third-order valence-corrected chi connectivity index (χ3v) is 3.63. The van der Waals surface area contributed by atoms with Gasteiger partial charge in [0.15, 0.2) is 5.96 Å². The minimum atomic E-state index is 0.582. The Morgan fingerprint density at radius 3 is 2.28 bits per heavy atom. The van der Waals surface area contributed by atoms with Crippen molar-refractivity contribution >= 4 is 5.96 Å². The van der Waals surface area contributed by atoms with Gasteiger partial charge in [-0.2, -0.15) is 0 Å². The summed E-state index contributed by atoms with van der Waals surface area (Å²) in [6.07, 6.45) is 6.47. The average molecular weight is 253 g/mol. The van der Waals surface area contributed by atoms with E-state index in [9.17, 15) is 0 Å². The number of nitrogens with zero attached hydrogens (tertiary/aromatic N) is 2. The van der Waals surface area contributed by atoms with Gasteiger partial charge in [-0.3, -0.25) is 4.99 Å². The highest BCUT2D eigenvalue weighted by Gasteiger charge is 2.23. The molecular weight excluding hydrogens is 222 g/mol. The molecule has 1 aliphatic carbocycles. The maximum absolute atomic E-state index is 6.21. The molecule has 0 saturated heterocycles. The molecule has 0 aromatic rings. The van der Waals surface area contributed by atoms with Gasteiger partial charge in [0.2, 0.25) is 0 Å². The van der Waals surface area contributed by atoms with Gasteiger partial charge in [-0.05, 0) is 31.1 Å². The van der Waals surface area contributed by atoms with Crippen LogP contribution in [0.4, 0.5) is 0 Å². The molecule has 0 amide bonds. The molecular formula is C15H31N3. The van der Waals surface area contributed by atoms with Crippen molar-refractivity contribution in [2.75, 3.05) is 13.1 Å². The minimum absolute atomic E-state index is 0.582.